The second-order valence-corrected chi connectivity index (χ2v) is 4.95. The first-order valence-corrected chi connectivity index (χ1v) is 6.74. The number of rotatable bonds is 7. The molecule has 2 aromatic rings. The number of nitrogens with zero attached hydrogens (tertiary/aromatic N) is 3. The molecule has 6 nitrogen and oxygen atoms in total. The summed E-state index contributed by atoms with van der Waals surface area (Å²) in [6.07, 6.45) is 6.15. The molecule has 0 saturated carbocycles. The topological polar surface area (TPSA) is 91.8 Å². The molecule has 2 N–H and O–H groups in total. The molecule has 2 heterocycles. The Labute approximate surface area is 108 Å². The SMILES string of the molecule is O=C(O)CCCCCSc1ncnc2[nH]ncc12. The fourth-order valence-electron chi connectivity index (χ4n) is 1.58. The lowest BCUT2D eigenvalue weighted by molar-refractivity contribution is -0.137. The molecular formula is C11H14N4O2S. The lowest BCUT2D eigenvalue weighted by atomic mass is 10.2. The number of carboxylic acids is 1. The standard InChI is InChI=1S/C11H14N4O2S/c16-9(17)4-2-1-3-5-18-11-8-6-14-15-10(8)12-7-13-11/h6-7H,1-5H2,(H,16,17)(H,12,13,14,15). The lowest BCUT2D eigenvalue weighted by Gasteiger charge is -2.01. The molecule has 0 radical (unpaired) electrons. The number of carbonyl (C=O) groups is 1. The number of unbranched alkanes of at least 4 members (excludes halogenated alkanes) is 2. The minimum atomic E-state index is -0.724. The number of thioether (sulfide) groups is 1. The maximum absolute atomic E-state index is 10.3. The van der Waals surface area contributed by atoms with E-state index in [4.69, 9.17) is 5.11 Å². The average molecular weight is 266 g/mol. The predicted octanol–water partition coefficient (Wildman–Crippen LogP) is 2.09. The summed E-state index contributed by atoms with van der Waals surface area (Å²) in [6.45, 7) is 0. The third kappa shape index (κ3) is 3.43. The smallest absolute Gasteiger partial charge is 0.303 e. The number of nitrogens with one attached hydrogen (secondary N) is 1. The molecule has 96 valence electrons. The Bertz CT molecular complexity index is 528. The number of aliphatic carboxylic acids is 1. The largest absolute Gasteiger partial charge is 0.481 e. The van der Waals surface area contributed by atoms with Gasteiger partial charge in [-0.2, -0.15) is 5.10 Å². The summed E-state index contributed by atoms with van der Waals surface area (Å²) in [7, 11) is 0. The van der Waals surface area contributed by atoms with Gasteiger partial charge in [0.2, 0.25) is 0 Å². The van der Waals surface area contributed by atoms with Crippen LogP contribution in [0.15, 0.2) is 17.6 Å². The molecule has 0 aliphatic heterocycles. The van der Waals surface area contributed by atoms with Gasteiger partial charge in [-0.15, -0.1) is 11.8 Å². The molecule has 0 unspecified atom stereocenters. The quantitative estimate of drug-likeness (QED) is 0.453. The summed E-state index contributed by atoms with van der Waals surface area (Å²) in [6, 6.07) is 0. The van der Waals surface area contributed by atoms with Crippen molar-refractivity contribution in [3.63, 3.8) is 0 Å². The molecule has 18 heavy (non-hydrogen) atoms. The van der Waals surface area contributed by atoms with E-state index in [1.54, 1.807) is 18.0 Å². The van der Waals surface area contributed by atoms with E-state index in [9.17, 15) is 4.79 Å². The fraction of sp³-hybridized carbons (Fsp3) is 0.455. The van der Waals surface area contributed by atoms with E-state index in [0.717, 1.165) is 41.1 Å². The van der Waals surface area contributed by atoms with Crippen LogP contribution in [0, 0.1) is 0 Å². The summed E-state index contributed by atoms with van der Waals surface area (Å²) in [5, 5.41) is 17.1. The summed E-state index contributed by atoms with van der Waals surface area (Å²) < 4.78 is 0. The van der Waals surface area contributed by atoms with E-state index in [-0.39, 0.29) is 6.42 Å². The zero-order chi connectivity index (χ0) is 12.8. The first-order chi connectivity index (χ1) is 8.77. The Kier molecular flexibility index (Phi) is 4.52. The number of aromatic nitrogens is 4. The molecule has 2 rings (SSSR count). The van der Waals surface area contributed by atoms with Crippen LogP contribution in [0.5, 0.6) is 0 Å². The Morgan fingerprint density at radius 3 is 3.06 bits per heavy atom. The zero-order valence-electron chi connectivity index (χ0n) is 9.80. The Balaban J connectivity index is 1.76. The number of H-pyrrole nitrogens is 1. The molecule has 2 aromatic heterocycles. The van der Waals surface area contributed by atoms with Crippen LogP contribution in [0.3, 0.4) is 0 Å². The molecule has 7 heteroatoms. The van der Waals surface area contributed by atoms with Crippen LogP contribution in [-0.4, -0.2) is 37.0 Å². The Hall–Kier alpha value is -1.63. The van der Waals surface area contributed by atoms with E-state index in [1.807, 2.05) is 0 Å². The first-order valence-electron chi connectivity index (χ1n) is 5.76. The van der Waals surface area contributed by atoms with Crippen molar-refractivity contribution >= 4 is 28.8 Å². The highest BCUT2D eigenvalue weighted by Gasteiger charge is 2.05. The van der Waals surface area contributed by atoms with Crippen molar-refractivity contribution in [3.05, 3.63) is 12.5 Å². The van der Waals surface area contributed by atoms with Gasteiger partial charge in [-0.3, -0.25) is 9.89 Å². The summed E-state index contributed by atoms with van der Waals surface area (Å²) in [5.74, 6) is 0.204. The van der Waals surface area contributed by atoms with Gasteiger partial charge in [-0.05, 0) is 18.6 Å². The van der Waals surface area contributed by atoms with Gasteiger partial charge in [0, 0.05) is 6.42 Å². The van der Waals surface area contributed by atoms with Crippen LogP contribution in [0.1, 0.15) is 25.7 Å². The molecule has 0 amide bonds. The summed E-state index contributed by atoms with van der Waals surface area (Å²) >= 11 is 1.65. The second-order valence-electron chi connectivity index (χ2n) is 3.86. The Morgan fingerprint density at radius 1 is 1.33 bits per heavy atom. The monoisotopic (exact) mass is 266 g/mol. The molecule has 0 aliphatic rings. The molecule has 0 fully saturated rings. The van der Waals surface area contributed by atoms with Crippen molar-refractivity contribution in [2.45, 2.75) is 30.7 Å². The van der Waals surface area contributed by atoms with Crippen LogP contribution in [0.4, 0.5) is 0 Å². The normalized spacial score (nSPS) is 10.9. The van der Waals surface area contributed by atoms with Crippen molar-refractivity contribution in [1.29, 1.82) is 0 Å². The molecule has 0 bridgehead atoms. The van der Waals surface area contributed by atoms with Gasteiger partial charge in [0.05, 0.1) is 11.6 Å². The van der Waals surface area contributed by atoms with Crippen LogP contribution < -0.4 is 0 Å². The highest BCUT2D eigenvalue weighted by molar-refractivity contribution is 7.99. The van der Waals surface area contributed by atoms with Crippen LogP contribution in [-0.2, 0) is 4.79 Å². The van der Waals surface area contributed by atoms with Crippen LogP contribution in [0.25, 0.3) is 11.0 Å². The number of hydrogen-bond acceptors (Lipinski definition) is 5. The maximum atomic E-state index is 10.3. The van der Waals surface area contributed by atoms with Crippen LogP contribution in [0.2, 0.25) is 0 Å². The van der Waals surface area contributed by atoms with Gasteiger partial charge in [-0.1, -0.05) is 6.42 Å². The predicted molar refractivity (Wildman–Crippen MR) is 68.5 cm³/mol. The van der Waals surface area contributed by atoms with Gasteiger partial charge in [0.1, 0.15) is 11.4 Å². The maximum Gasteiger partial charge on any atom is 0.303 e. The number of fused-ring (bicyclic) bond motifs is 1. The van der Waals surface area contributed by atoms with Gasteiger partial charge in [-0.25, -0.2) is 9.97 Å². The lowest BCUT2D eigenvalue weighted by Crippen LogP contribution is -1.94. The highest BCUT2D eigenvalue weighted by Crippen LogP contribution is 2.23. The van der Waals surface area contributed by atoms with Crippen LogP contribution >= 0.6 is 11.8 Å². The van der Waals surface area contributed by atoms with E-state index >= 15 is 0 Å². The van der Waals surface area contributed by atoms with Crippen molar-refractivity contribution in [1.82, 2.24) is 20.2 Å². The third-order valence-electron chi connectivity index (χ3n) is 2.49. The highest BCUT2D eigenvalue weighted by atomic mass is 32.2. The van der Waals surface area contributed by atoms with Crippen molar-refractivity contribution in [3.8, 4) is 0 Å². The van der Waals surface area contributed by atoms with Crippen molar-refractivity contribution < 1.29 is 9.90 Å². The number of carboxylic acid groups (broad SMARTS) is 1. The zero-order valence-corrected chi connectivity index (χ0v) is 10.6. The fourth-order valence-corrected chi connectivity index (χ4v) is 2.55. The van der Waals surface area contributed by atoms with E-state index in [2.05, 4.69) is 20.2 Å². The molecule has 0 saturated heterocycles. The summed E-state index contributed by atoms with van der Waals surface area (Å²) in [4.78, 5) is 18.6. The molecule has 0 atom stereocenters. The third-order valence-corrected chi connectivity index (χ3v) is 3.58. The first kappa shape index (κ1) is 12.8. The molecule has 0 spiro atoms. The molecular weight excluding hydrogens is 252 g/mol. The van der Waals surface area contributed by atoms with Gasteiger partial charge in [0.15, 0.2) is 5.65 Å². The van der Waals surface area contributed by atoms with Gasteiger partial charge >= 0.3 is 5.97 Å². The summed E-state index contributed by atoms with van der Waals surface area (Å²) in [5.41, 5.74) is 0.748. The average Bonchev–Trinajstić information content (AvgIpc) is 2.82. The molecule has 0 aliphatic carbocycles. The minimum absolute atomic E-state index is 0.254. The van der Waals surface area contributed by atoms with E-state index < -0.39 is 5.97 Å². The molecule has 0 aromatic carbocycles. The van der Waals surface area contributed by atoms with E-state index in [1.165, 1.54) is 6.33 Å². The van der Waals surface area contributed by atoms with Gasteiger partial charge in [0.25, 0.3) is 0 Å². The van der Waals surface area contributed by atoms with E-state index in [0.29, 0.717) is 0 Å². The Morgan fingerprint density at radius 2 is 2.22 bits per heavy atom. The number of hydrogen-bond donors (Lipinski definition) is 2. The van der Waals surface area contributed by atoms with Gasteiger partial charge < -0.3 is 5.11 Å². The second kappa shape index (κ2) is 6.34. The minimum Gasteiger partial charge on any atom is -0.481 e. The van der Waals surface area contributed by atoms with Crippen molar-refractivity contribution in [2.24, 2.45) is 0 Å². The van der Waals surface area contributed by atoms with Crippen molar-refractivity contribution in [2.75, 3.05) is 5.75 Å². The number of aromatic amines is 1.